The predicted octanol–water partition coefficient (Wildman–Crippen LogP) is 1.93. The van der Waals surface area contributed by atoms with Crippen molar-refractivity contribution < 1.29 is 14.8 Å². The van der Waals surface area contributed by atoms with Crippen LogP contribution in [0.15, 0.2) is 24.5 Å². The average molecular weight is 333 g/mol. The van der Waals surface area contributed by atoms with E-state index in [1.807, 2.05) is 0 Å². The highest BCUT2D eigenvalue weighted by Gasteiger charge is 2.16. The largest absolute Gasteiger partial charge is 0.490 e. The first kappa shape index (κ1) is 15.5. The van der Waals surface area contributed by atoms with Crippen LogP contribution in [0.1, 0.15) is 0 Å². The van der Waals surface area contributed by atoms with Gasteiger partial charge < -0.3 is 20.0 Å². The Morgan fingerprint density at radius 1 is 1.48 bits per heavy atom. The van der Waals surface area contributed by atoms with E-state index in [1.165, 1.54) is 6.07 Å². The summed E-state index contributed by atoms with van der Waals surface area (Å²) in [7, 11) is 0. The van der Waals surface area contributed by atoms with E-state index >= 15 is 0 Å². The molecule has 0 aliphatic carbocycles. The molecular weight excluding hydrogens is 323 g/mol. The molecule has 10 heteroatoms. The first-order valence-electron chi connectivity index (χ1n) is 5.75. The molecular formula is C11H10Cl2N4O4. The Bertz CT molecular complexity index is 649. The van der Waals surface area contributed by atoms with E-state index in [-0.39, 0.29) is 13.2 Å². The lowest BCUT2D eigenvalue weighted by Crippen LogP contribution is -2.24. The number of halogens is 2. The molecule has 1 atom stereocenters. The Balaban J connectivity index is 1.90. The van der Waals surface area contributed by atoms with E-state index < -0.39 is 17.0 Å². The molecule has 0 fully saturated rings. The minimum Gasteiger partial charge on any atom is -0.489 e. The molecule has 2 rings (SSSR count). The Morgan fingerprint density at radius 2 is 2.24 bits per heavy atom. The molecule has 0 saturated heterocycles. The van der Waals surface area contributed by atoms with Crippen LogP contribution in [-0.4, -0.2) is 37.5 Å². The van der Waals surface area contributed by atoms with Gasteiger partial charge in [-0.1, -0.05) is 28.2 Å². The van der Waals surface area contributed by atoms with Gasteiger partial charge in [0.25, 0.3) is 0 Å². The van der Waals surface area contributed by atoms with Gasteiger partial charge in [-0.15, -0.1) is 0 Å². The number of hydrogen-bond acceptors (Lipinski definition) is 6. The zero-order valence-corrected chi connectivity index (χ0v) is 12.0. The van der Waals surface area contributed by atoms with E-state index in [1.54, 1.807) is 12.1 Å². The molecule has 1 heterocycles. The Morgan fingerprint density at radius 3 is 2.90 bits per heavy atom. The summed E-state index contributed by atoms with van der Waals surface area (Å²) in [6.07, 6.45) is 0.217. The lowest BCUT2D eigenvalue weighted by atomic mass is 10.3. The van der Waals surface area contributed by atoms with Gasteiger partial charge in [-0.3, -0.25) is 0 Å². The van der Waals surface area contributed by atoms with Crippen LogP contribution in [0.3, 0.4) is 0 Å². The summed E-state index contributed by atoms with van der Waals surface area (Å²) in [6.45, 7) is -0.0766. The number of aliphatic hydroxyl groups is 1. The normalized spacial score (nSPS) is 12.1. The maximum absolute atomic E-state index is 10.4. The highest BCUT2D eigenvalue weighted by atomic mass is 35.5. The van der Waals surface area contributed by atoms with Gasteiger partial charge in [0.2, 0.25) is 6.33 Å². The average Bonchev–Trinajstić information content (AvgIpc) is 2.88. The highest BCUT2D eigenvalue weighted by Crippen LogP contribution is 2.27. The molecule has 0 saturated carbocycles. The molecule has 0 spiro atoms. The van der Waals surface area contributed by atoms with Crippen LogP contribution in [0.2, 0.25) is 10.0 Å². The molecule has 21 heavy (non-hydrogen) atoms. The predicted molar refractivity (Wildman–Crippen MR) is 74.6 cm³/mol. The fourth-order valence-electron chi connectivity index (χ4n) is 1.50. The first-order chi connectivity index (χ1) is 9.95. The van der Waals surface area contributed by atoms with Crippen LogP contribution >= 0.6 is 23.2 Å². The monoisotopic (exact) mass is 332 g/mol. The number of hydrogen-bond donors (Lipinski definition) is 1. The molecule has 0 bridgehead atoms. The van der Waals surface area contributed by atoms with Gasteiger partial charge in [0.1, 0.15) is 18.5 Å². The maximum atomic E-state index is 10.4. The number of nitrogens with zero attached hydrogens (tertiary/aromatic N) is 4. The molecule has 0 aliphatic heterocycles. The van der Waals surface area contributed by atoms with Crippen LogP contribution in [0.5, 0.6) is 5.75 Å². The number of aromatic nitrogens is 3. The van der Waals surface area contributed by atoms with Crippen molar-refractivity contribution in [1.29, 1.82) is 0 Å². The molecule has 0 aliphatic rings. The van der Waals surface area contributed by atoms with Gasteiger partial charge in [0.15, 0.2) is 0 Å². The van der Waals surface area contributed by atoms with Crippen LogP contribution in [0.4, 0.5) is 5.95 Å². The van der Waals surface area contributed by atoms with Crippen molar-refractivity contribution >= 4 is 29.2 Å². The molecule has 0 amide bonds. The number of benzene rings is 1. The van der Waals surface area contributed by atoms with Crippen LogP contribution in [-0.2, 0) is 6.54 Å². The van der Waals surface area contributed by atoms with Crippen molar-refractivity contribution in [3.8, 4) is 5.75 Å². The van der Waals surface area contributed by atoms with E-state index in [0.29, 0.717) is 15.8 Å². The van der Waals surface area contributed by atoms with Gasteiger partial charge >= 0.3 is 5.95 Å². The van der Waals surface area contributed by atoms with E-state index in [9.17, 15) is 15.2 Å². The third-order valence-corrected chi connectivity index (χ3v) is 2.96. The van der Waals surface area contributed by atoms with Gasteiger partial charge in [-0.05, 0) is 17.1 Å². The molecule has 2 aromatic rings. The second kappa shape index (κ2) is 6.70. The lowest BCUT2D eigenvalue weighted by molar-refractivity contribution is -0.394. The van der Waals surface area contributed by atoms with Crippen molar-refractivity contribution in [2.45, 2.75) is 12.6 Å². The van der Waals surface area contributed by atoms with Gasteiger partial charge in [-0.2, -0.15) is 4.68 Å². The third kappa shape index (κ3) is 4.28. The Labute approximate surface area is 129 Å². The van der Waals surface area contributed by atoms with E-state index in [4.69, 9.17) is 27.9 Å². The summed E-state index contributed by atoms with van der Waals surface area (Å²) in [5, 5.41) is 24.6. The van der Waals surface area contributed by atoms with Crippen LogP contribution in [0, 0.1) is 10.1 Å². The van der Waals surface area contributed by atoms with Crippen molar-refractivity contribution in [1.82, 2.24) is 14.8 Å². The Kier molecular flexibility index (Phi) is 4.94. The summed E-state index contributed by atoms with van der Waals surface area (Å²) in [5.41, 5.74) is 0. The fourth-order valence-corrected chi connectivity index (χ4v) is 1.83. The van der Waals surface area contributed by atoms with Crippen molar-refractivity contribution in [2.75, 3.05) is 6.61 Å². The fraction of sp³-hybridized carbons (Fsp3) is 0.273. The third-order valence-electron chi connectivity index (χ3n) is 2.41. The second-order valence-corrected chi connectivity index (χ2v) is 4.91. The number of rotatable bonds is 6. The van der Waals surface area contributed by atoms with Gasteiger partial charge in [0.05, 0.1) is 11.6 Å². The Hall–Kier alpha value is -1.90. The van der Waals surface area contributed by atoms with Crippen molar-refractivity contribution in [3.05, 3.63) is 44.7 Å². The summed E-state index contributed by atoms with van der Waals surface area (Å²) in [4.78, 5) is 13.2. The zero-order chi connectivity index (χ0) is 15.4. The summed E-state index contributed by atoms with van der Waals surface area (Å²) < 4.78 is 6.50. The lowest BCUT2D eigenvalue weighted by Gasteiger charge is -2.12. The minimum absolute atomic E-state index is 0.000967. The quantitative estimate of drug-likeness (QED) is 0.640. The topological polar surface area (TPSA) is 103 Å². The molecule has 0 radical (unpaired) electrons. The van der Waals surface area contributed by atoms with Gasteiger partial charge in [0, 0.05) is 16.2 Å². The zero-order valence-electron chi connectivity index (χ0n) is 10.5. The summed E-state index contributed by atoms with van der Waals surface area (Å²) >= 11 is 11.7. The van der Waals surface area contributed by atoms with Crippen LogP contribution < -0.4 is 4.74 Å². The number of ether oxygens (including phenoxy) is 1. The maximum Gasteiger partial charge on any atom is 0.490 e. The van der Waals surface area contributed by atoms with Crippen LogP contribution in [0.25, 0.3) is 0 Å². The molecule has 1 N–H and O–H groups in total. The molecule has 112 valence electrons. The highest BCUT2D eigenvalue weighted by molar-refractivity contribution is 6.34. The van der Waals surface area contributed by atoms with Crippen molar-refractivity contribution in [3.63, 3.8) is 0 Å². The van der Waals surface area contributed by atoms with Crippen molar-refractivity contribution in [2.24, 2.45) is 0 Å². The SMILES string of the molecule is O=[N+]([O-])c1ncn(CC(O)COc2cc(Cl)ccc2Cl)n1. The number of nitro groups is 1. The molecule has 8 nitrogen and oxygen atoms in total. The van der Waals surface area contributed by atoms with E-state index in [0.717, 1.165) is 11.0 Å². The number of aliphatic hydroxyl groups excluding tert-OH is 1. The smallest absolute Gasteiger partial charge is 0.489 e. The summed E-state index contributed by atoms with van der Waals surface area (Å²) in [6, 6.07) is 4.71. The summed E-state index contributed by atoms with van der Waals surface area (Å²) in [5.74, 6) is -0.186. The molecule has 1 unspecified atom stereocenters. The standard InChI is InChI=1S/C11H10Cl2N4O4/c12-7-1-2-9(13)10(3-7)21-5-8(18)4-16-6-14-11(15-16)17(19)20/h1-3,6,8,18H,4-5H2. The second-order valence-electron chi connectivity index (χ2n) is 4.06. The molecule has 1 aromatic carbocycles. The minimum atomic E-state index is -0.943. The molecule has 1 aromatic heterocycles. The van der Waals surface area contributed by atoms with E-state index in [2.05, 4.69) is 10.1 Å². The van der Waals surface area contributed by atoms with Gasteiger partial charge in [-0.25, -0.2) is 0 Å². The first-order valence-corrected chi connectivity index (χ1v) is 6.51.